The number of para-hydroxylation sites is 2. The monoisotopic (exact) mass is 306 g/mol. The number of nitrogens with zero attached hydrogens (tertiary/aromatic N) is 1. The molecule has 3 rings (SSSR count). The Bertz CT molecular complexity index is 740. The van der Waals surface area contributed by atoms with Crippen molar-refractivity contribution >= 4 is 23.2 Å². The van der Waals surface area contributed by atoms with Crippen molar-refractivity contribution in [2.45, 2.75) is 12.3 Å². The molecule has 0 aromatic heterocycles. The fraction of sp³-hybridized carbons (Fsp3) is 0.158. The van der Waals surface area contributed by atoms with Crippen molar-refractivity contribution in [1.29, 1.82) is 0 Å². The summed E-state index contributed by atoms with van der Waals surface area (Å²) in [5.74, 6) is -0.645. The van der Waals surface area contributed by atoms with Gasteiger partial charge in [0, 0.05) is 24.3 Å². The number of nitrogens with one attached hydrogen (secondary N) is 1. The van der Waals surface area contributed by atoms with Gasteiger partial charge in [-0.05, 0) is 23.8 Å². The van der Waals surface area contributed by atoms with Crippen molar-refractivity contribution < 1.29 is 9.59 Å². The minimum Gasteiger partial charge on any atom is -0.325 e. The predicted molar refractivity (Wildman–Crippen MR) is 91.4 cm³/mol. The standard InChI is InChI=1S/C19H18N2O2/c1-2-12-21(14-8-4-3-5-9-14)18(22)13-16-15-10-6-7-11-17(15)20-19(16)23/h2-11,16H,1,12-13H2,(H,20,23)/t16-/m1/s1. The van der Waals surface area contributed by atoms with Crippen LogP contribution in [0.25, 0.3) is 0 Å². The molecule has 1 heterocycles. The summed E-state index contributed by atoms with van der Waals surface area (Å²) in [6.45, 7) is 4.13. The van der Waals surface area contributed by atoms with E-state index in [-0.39, 0.29) is 18.2 Å². The zero-order valence-electron chi connectivity index (χ0n) is 12.7. The molecule has 2 amide bonds. The van der Waals surface area contributed by atoms with Crippen molar-refractivity contribution in [3.8, 4) is 0 Å². The topological polar surface area (TPSA) is 49.4 Å². The maximum absolute atomic E-state index is 12.7. The summed E-state index contributed by atoms with van der Waals surface area (Å²) >= 11 is 0. The average molecular weight is 306 g/mol. The molecule has 1 N–H and O–H groups in total. The molecule has 0 saturated heterocycles. The number of carbonyl (C=O) groups excluding carboxylic acids is 2. The van der Waals surface area contributed by atoms with Crippen LogP contribution in [0.5, 0.6) is 0 Å². The van der Waals surface area contributed by atoms with Gasteiger partial charge in [0.25, 0.3) is 0 Å². The summed E-state index contributed by atoms with van der Waals surface area (Å²) < 4.78 is 0. The zero-order chi connectivity index (χ0) is 16.2. The number of carbonyl (C=O) groups is 2. The van der Waals surface area contributed by atoms with Crippen molar-refractivity contribution in [1.82, 2.24) is 0 Å². The summed E-state index contributed by atoms with van der Waals surface area (Å²) in [5, 5.41) is 2.83. The first-order valence-electron chi connectivity index (χ1n) is 7.57. The lowest BCUT2D eigenvalue weighted by Gasteiger charge is -2.22. The van der Waals surface area contributed by atoms with Gasteiger partial charge in [-0.1, -0.05) is 42.5 Å². The van der Waals surface area contributed by atoms with Crippen LogP contribution in [0.3, 0.4) is 0 Å². The number of amides is 2. The van der Waals surface area contributed by atoms with Gasteiger partial charge in [-0.15, -0.1) is 6.58 Å². The van der Waals surface area contributed by atoms with E-state index in [1.807, 2.05) is 54.6 Å². The van der Waals surface area contributed by atoms with Gasteiger partial charge in [-0.25, -0.2) is 0 Å². The predicted octanol–water partition coefficient (Wildman–Crippen LogP) is 3.33. The lowest BCUT2D eigenvalue weighted by molar-refractivity contribution is -0.123. The number of hydrogen-bond acceptors (Lipinski definition) is 2. The molecule has 0 radical (unpaired) electrons. The first-order chi connectivity index (χ1) is 11.2. The fourth-order valence-corrected chi connectivity index (χ4v) is 2.85. The molecule has 2 aromatic rings. The van der Waals surface area contributed by atoms with Crippen LogP contribution < -0.4 is 10.2 Å². The molecule has 116 valence electrons. The molecule has 1 aliphatic heterocycles. The average Bonchev–Trinajstić information content (AvgIpc) is 2.89. The summed E-state index contributed by atoms with van der Waals surface area (Å²) in [4.78, 5) is 26.6. The van der Waals surface area contributed by atoms with Crippen LogP contribution >= 0.6 is 0 Å². The van der Waals surface area contributed by atoms with Gasteiger partial charge in [0.1, 0.15) is 0 Å². The molecule has 0 bridgehead atoms. The van der Waals surface area contributed by atoms with E-state index in [0.29, 0.717) is 6.54 Å². The molecule has 4 heteroatoms. The van der Waals surface area contributed by atoms with E-state index < -0.39 is 5.92 Å². The quantitative estimate of drug-likeness (QED) is 0.861. The molecule has 0 fully saturated rings. The van der Waals surface area contributed by atoms with E-state index in [9.17, 15) is 9.59 Å². The van der Waals surface area contributed by atoms with E-state index in [2.05, 4.69) is 11.9 Å². The number of rotatable bonds is 5. The zero-order valence-corrected chi connectivity index (χ0v) is 12.7. The Hall–Kier alpha value is -2.88. The molecule has 0 spiro atoms. The molecule has 23 heavy (non-hydrogen) atoms. The Labute approximate surface area is 135 Å². The fourth-order valence-electron chi connectivity index (χ4n) is 2.85. The van der Waals surface area contributed by atoms with Gasteiger partial charge in [0.2, 0.25) is 11.8 Å². The molecule has 2 aromatic carbocycles. The molecule has 1 aliphatic rings. The molecule has 4 nitrogen and oxygen atoms in total. The van der Waals surface area contributed by atoms with Crippen LogP contribution in [0, 0.1) is 0 Å². The second-order valence-corrected chi connectivity index (χ2v) is 5.46. The minimum atomic E-state index is -0.435. The lowest BCUT2D eigenvalue weighted by atomic mass is 9.96. The van der Waals surface area contributed by atoms with Gasteiger partial charge in [-0.2, -0.15) is 0 Å². The normalized spacial score (nSPS) is 15.7. The highest BCUT2D eigenvalue weighted by atomic mass is 16.2. The third-order valence-electron chi connectivity index (χ3n) is 3.97. The van der Waals surface area contributed by atoms with Crippen molar-refractivity contribution in [2.24, 2.45) is 0 Å². The Balaban J connectivity index is 1.82. The highest BCUT2D eigenvalue weighted by Crippen LogP contribution is 2.35. The van der Waals surface area contributed by atoms with Crippen molar-refractivity contribution in [2.75, 3.05) is 16.8 Å². The van der Waals surface area contributed by atoms with Crippen LogP contribution in [0.4, 0.5) is 11.4 Å². The van der Waals surface area contributed by atoms with Crippen molar-refractivity contribution in [3.63, 3.8) is 0 Å². The maximum atomic E-state index is 12.7. The first kappa shape index (κ1) is 15.0. The largest absolute Gasteiger partial charge is 0.325 e. The Morgan fingerprint density at radius 2 is 1.83 bits per heavy atom. The second-order valence-electron chi connectivity index (χ2n) is 5.46. The van der Waals surface area contributed by atoms with Crippen LogP contribution in [0.15, 0.2) is 67.3 Å². The molecular weight excluding hydrogens is 288 g/mol. The minimum absolute atomic E-state index is 0.0899. The highest BCUT2D eigenvalue weighted by molar-refractivity contribution is 6.06. The van der Waals surface area contributed by atoms with E-state index in [1.54, 1.807) is 11.0 Å². The summed E-state index contributed by atoms with van der Waals surface area (Å²) in [7, 11) is 0. The van der Waals surface area contributed by atoms with Gasteiger partial charge in [0.05, 0.1) is 5.92 Å². The summed E-state index contributed by atoms with van der Waals surface area (Å²) in [6, 6.07) is 16.9. The highest BCUT2D eigenvalue weighted by Gasteiger charge is 2.33. The summed E-state index contributed by atoms with van der Waals surface area (Å²) in [5.41, 5.74) is 2.49. The third kappa shape index (κ3) is 3.01. The first-order valence-corrected chi connectivity index (χ1v) is 7.57. The third-order valence-corrected chi connectivity index (χ3v) is 3.97. The van der Waals surface area contributed by atoms with Crippen LogP contribution in [0.1, 0.15) is 17.9 Å². The van der Waals surface area contributed by atoms with Gasteiger partial charge >= 0.3 is 0 Å². The number of fused-ring (bicyclic) bond motifs is 1. The van der Waals surface area contributed by atoms with E-state index in [0.717, 1.165) is 16.9 Å². The van der Waals surface area contributed by atoms with E-state index >= 15 is 0 Å². The Morgan fingerprint density at radius 3 is 2.57 bits per heavy atom. The maximum Gasteiger partial charge on any atom is 0.232 e. The van der Waals surface area contributed by atoms with E-state index in [4.69, 9.17) is 0 Å². The SMILES string of the molecule is C=CCN(C(=O)C[C@H]1C(=O)Nc2ccccc21)c1ccccc1. The molecule has 0 saturated carbocycles. The lowest BCUT2D eigenvalue weighted by Crippen LogP contribution is -2.33. The Kier molecular flexibility index (Phi) is 4.24. The molecule has 0 unspecified atom stereocenters. The van der Waals surface area contributed by atoms with Crippen LogP contribution in [0.2, 0.25) is 0 Å². The van der Waals surface area contributed by atoms with Gasteiger partial charge in [-0.3, -0.25) is 9.59 Å². The molecule has 0 aliphatic carbocycles. The second kappa shape index (κ2) is 6.48. The van der Waals surface area contributed by atoms with Crippen molar-refractivity contribution in [3.05, 3.63) is 72.8 Å². The van der Waals surface area contributed by atoms with Crippen LogP contribution in [-0.4, -0.2) is 18.4 Å². The van der Waals surface area contributed by atoms with Crippen LogP contribution in [-0.2, 0) is 9.59 Å². The smallest absolute Gasteiger partial charge is 0.232 e. The number of benzene rings is 2. The number of hydrogen-bond donors (Lipinski definition) is 1. The van der Waals surface area contributed by atoms with Gasteiger partial charge in [0.15, 0.2) is 0 Å². The Morgan fingerprint density at radius 1 is 1.13 bits per heavy atom. The van der Waals surface area contributed by atoms with E-state index in [1.165, 1.54) is 0 Å². The summed E-state index contributed by atoms with van der Waals surface area (Å²) in [6.07, 6.45) is 1.83. The molecule has 1 atom stereocenters. The molecular formula is C19H18N2O2. The van der Waals surface area contributed by atoms with Gasteiger partial charge < -0.3 is 10.2 Å². The number of anilines is 2.